The lowest BCUT2D eigenvalue weighted by Crippen LogP contribution is -2.09. The fourth-order valence-corrected chi connectivity index (χ4v) is 2.75. The van der Waals surface area contributed by atoms with Gasteiger partial charge < -0.3 is 10.2 Å². The molecule has 3 rings (SSSR count). The van der Waals surface area contributed by atoms with Crippen molar-refractivity contribution in [1.29, 1.82) is 0 Å². The predicted octanol–water partition coefficient (Wildman–Crippen LogP) is 2.75. The van der Waals surface area contributed by atoms with Crippen LogP contribution in [0, 0.1) is 0 Å². The van der Waals surface area contributed by atoms with E-state index < -0.39 is 0 Å². The summed E-state index contributed by atoms with van der Waals surface area (Å²) in [6, 6.07) is 3.95. The van der Waals surface area contributed by atoms with Gasteiger partial charge in [-0.3, -0.25) is 0 Å². The minimum atomic E-state index is 0.258. The third-order valence-corrected chi connectivity index (χ3v) is 3.80. The van der Waals surface area contributed by atoms with Crippen LogP contribution in [0.1, 0.15) is 31.2 Å². The van der Waals surface area contributed by atoms with Crippen LogP contribution in [0.25, 0.3) is 10.8 Å². The van der Waals surface area contributed by atoms with E-state index in [0.29, 0.717) is 18.3 Å². The molecule has 0 saturated carbocycles. The van der Waals surface area contributed by atoms with Crippen LogP contribution in [0.5, 0.6) is 0 Å². The average Bonchev–Trinajstić information content (AvgIpc) is 3.10. The molecule has 0 spiro atoms. The van der Waals surface area contributed by atoms with Gasteiger partial charge in [-0.25, -0.2) is 9.67 Å². The largest absolute Gasteiger partial charge is 0.443 e. The maximum absolute atomic E-state index is 5.84. The van der Waals surface area contributed by atoms with Crippen molar-refractivity contribution in [2.45, 2.75) is 26.3 Å². The second kappa shape index (κ2) is 5.09. The van der Waals surface area contributed by atoms with E-state index in [9.17, 15) is 0 Å². The Labute approximate surface area is 120 Å². The highest BCUT2D eigenvalue weighted by Crippen LogP contribution is 2.25. The molecule has 7 heteroatoms. The minimum Gasteiger partial charge on any atom is -0.443 e. The van der Waals surface area contributed by atoms with Gasteiger partial charge in [0, 0.05) is 0 Å². The van der Waals surface area contributed by atoms with Crippen LogP contribution in [0.2, 0.25) is 0 Å². The van der Waals surface area contributed by atoms with Crippen molar-refractivity contribution in [3.63, 3.8) is 0 Å². The molecular formula is C13H15N5OS. The molecule has 6 nitrogen and oxygen atoms in total. The first-order chi connectivity index (χ1) is 9.65. The molecule has 3 heterocycles. The second-order valence-corrected chi connectivity index (χ2v) is 5.74. The number of oxazole rings is 1. The summed E-state index contributed by atoms with van der Waals surface area (Å²) in [6.07, 6.45) is 1.65. The molecule has 0 aliphatic rings. The molecule has 0 atom stereocenters. The van der Waals surface area contributed by atoms with Crippen LogP contribution in [-0.2, 0) is 6.54 Å². The van der Waals surface area contributed by atoms with E-state index in [1.165, 1.54) is 0 Å². The molecule has 0 saturated heterocycles. The molecule has 0 aliphatic carbocycles. The quantitative estimate of drug-likeness (QED) is 0.798. The van der Waals surface area contributed by atoms with Gasteiger partial charge >= 0.3 is 0 Å². The number of rotatable bonds is 4. The van der Waals surface area contributed by atoms with Crippen LogP contribution >= 0.6 is 11.3 Å². The van der Waals surface area contributed by atoms with Gasteiger partial charge in [0.05, 0.1) is 17.1 Å². The Hall–Kier alpha value is -2.15. The zero-order chi connectivity index (χ0) is 14.1. The van der Waals surface area contributed by atoms with E-state index in [0.717, 1.165) is 16.3 Å². The molecule has 0 fully saturated rings. The number of anilines is 1. The Morgan fingerprint density at radius 1 is 1.45 bits per heavy atom. The van der Waals surface area contributed by atoms with Crippen molar-refractivity contribution >= 4 is 17.2 Å². The lowest BCUT2D eigenvalue weighted by Gasteiger charge is -2.07. The van der Waals surface area contributed by atoms with Crippen molar-refractivity contribution in [2.24, 2.45) is 0 Å². The Bertz CT molecular complexity index is 698. The Morgan fingerprint density at radius 2 is 2.30 bits per heavy atom. The van der Waals surface area contributed by atoms with Gasteiger partial charge in [-0.2, -0.15) is 0 Å². The van der Waals surface area contributed by atoms with Crippen LogP contribution in [-0.4, -0.2) is 20.0 Å². The zero-order valence-corrected chi connectivity index (χ0v) is 12.1. The zero-order valence-electron chi connectivity index (χ0n) is 11.3. The molecule has 0 unspecified atom stereocenters. The first-order valence-corrected chi connectivity index (χ1v) is 7.20. The lowest BCUT2D eigenvalue weighted by atomic mass is 10.1. The molecule has 0 radical (unpaired) electrons. The Balaban J connectivity index is 1.85. The number of hydrogen-bond acceptors (Lipinski definition) is 6. The molecule has 0 aliphatic heterocycles. The van der Waals surface area contributed by atoms with Gasteiger partial charge in [-0.15, -0.1) is 16.4 Å². The van der Waals surface area contributed by atoms with Crippen LogP contribution in [0.3, 0.4) is 0 Å². The molecule has 2 N–H and O–H groups in total. The summed E-state index contributed by atoms with van der Waals surface area (Å²) < 4.78 is 7.27. The summed E-state index contributed by atoms with van der Waals surface area (Å²) in [6.45, 7) is 4.63. The van der Waals surface area contributed by atoms with Gasteiger partial charge in [0.2, 0.25) is 5.89 Å². The SMILES string of the molecule is CC(C)c1c(N)nnn1Cc1coc(-c2cccs2)n1. The molecular weight excluding hydrogens is 274 g/mol. The van der Waals surface area contributed by atoms with Crippen LogP contribution < -0.4 is 5.73 Å². The Morgan fingerprint density at radius 3 is 3.00 bits per heavy atom. The highest BCUT2D eigenvalue weighted by molar-refractivity contribution is 7.13. The first kappa shape index (κ1) is 12.9. The predicted molar refractivity (Wildman–Crippen MR) is 77.4 cm³/mol. The minimum absolute atomic E-state index is 0.258. The molecule has 20 heavy (non-hydrogen) atoms. The van der Waals surface area contributed by atoms with E-state index in [-0.39, 0.29) is 5.92 Å². The third-order valence-electron chi connectivity index (χ3n) is 2.94. The molecule has 104 valence electrons. The average molecular weight is 289 g/mol. The van der Waals surface area contributed by atoms with Crippen molar-refractivity contribution in [3.8, 4) is 10.8 Å². The van der Waals surface area contributed by atoms with Crippen molar-refractivity contribution in [1.82, 2.24) is 20.0 Å². The summed E-state index contributed by atoms with van der Waals surface area (Å²) in [5.74, 6) is 1.37. The van der Waals surface area contributed by atoms with Gasteiger partial charge in [-0.1, -0.05) is 25.1 Å². The molecule has 3 aromatic heterocycles. The number of nitrogens with two attached hydrogens (primary N) is 1. The topological polar surface area (TPSA) is 82.8 Å². The number of thiophene rings is 1. The summed E-state index contributed by atoms with van der Waals surface area (Å²) in [4.78, 5) is 5.48. The lowest BCUT2D eigenvalue weighted by molar-refractivity contribution is 0.563. The molecule has 3 aromatic rings. The van der Waals surface area contributed by atoms with Crippen molar-refractivity contribution < 1.29 is 4.42 Å². The summed E-state index contributed by atoms with van der Waals surface area (Å²) in [7, 11) is 0. The second-order valence-electron chi connectivity index (χ2n) is 4.79. The van der Waals surface area contributed by atoms with E-state index in [1.807, 2.05) is 17.5 Å². The maximum atomic E-state index is 5.84. The first-order valence-electron chi connectivity index (χ1n) is 6.32. The van der Waals surface area contributed by atoms with Gasteiger partial charge in [-0.05, 0) is 17.4 Å². The number of hydrogen-bond donors (Lipinski definition) is 1. The van der Waals surface area contributed by atoms with E-state index in [4.69, 9.17) is 10.2 Å². The van der Waals surface area contributed by atoms with Crippen molar-refractivity contribution in [3.05, 3.63) is 35.2 Å². The van der Waals surface area contributed by atoms with Crippen LogP contribution in [0.15, 0.2) is 28.2 Å². The number of nitrogen functional groups attached to an aromatic ring is 1. The fraction of sp³-hybridized carbons (Fsp3) is 0.308. The van der Waals surface area contributed by atoms with E-state index in [2.05, 4.69) is 29.1 Å². The van der Waals surface area contributed by atoms with Crippen molar-refractivity contribution in [2.75, 3.05) is 5.73 Å². The summed E-state index contributed by atoms with van der Waals surface area (Å²) in [5.41, 5.74) is 7.57. The van der Waals surface area contributed by atoms with Gasteiger partial charge in [0.15, 0.2) is 5.82 Å². The molecule has 0 bridgehead atoms. The highest BCUT2D eigenvalue weighted by Gasteiger charge is 2.16. The third kappa shape index (κ3) is 2.32. The maximum Gasteiger partial charge on any atom is 0.236 e. The summed E-state index contributed by atoms with van der Waals surface area (Å²) >= 11 is 1.60. The summed E-state index contributed by atoms with van der Waals surface area (Å²) in [5, 5.41) is 9.99. The monoisotopic (exact) mass is 289 g/mol. The smallest absolute Gasteiger partial charge is 0.236 e. The number of nitrogens with zero attached hydrogens (tertiary/aromatic N) is 4. The molecule has 0 aromatic carbocycles. The van der Waals surface area contributed by atoms with E-state index >= 15 is 0 Å². The van der Waals surface area contributed by atoms with Gasteiger partial charge in [0.25, 0.3) is 0 Å². The molecule has 0 amide bonds. The standard InChI is InChI=1S/C13H15N5OS/c1-8(2)11-12(14)16-17-18(11)6-9-7-19-13(15-9)10-4-3-5-20-10/h3-5,7-8H,6,14H2,1-2H3. The Kier molecular flexibility index (Phi) is 3.27. The number of aromatic nitrogens is 4. The van der Waals surface area contributed by atoms with Gasteiger partial charge in [0.1, 0.15) is 12.0 Å². The van der Waals surface area contributed by atoms with E-state index in [1.54, 1.807) is 22.3 Å². The normalized spacial score (nSPS) is 11.3. The van der Waals surface area contributed by atoms with Crippen LogP contribution in [0.4, 0.5) is 5.82 Å². The fourth-order valence-electron chi connectivity index (χ4n) is 2.09. The highest BCUT2D eigenvalue weighted by atomic mass is 32.1.